The van der Waals surface area contributed by atoms with Crippen molar-refractivity contribution in [3.63, 3.8) is 0 Å². The summed E-state index contributed by atoms with van der Waals surface area (Å²) < 4.78 is 6.57. The summed E-state index contributed by atoms with van der Waals surface area (Å²) in [7, 11) is -1.94. The number of nitrogens with zero attached hydrogens (tertiary/aromatic N) is 1. The van der Waals surface area contributed by atoms with Crippen molar-refractivity contribution < 1.29 is 9.22 Å². The van der Waals surface area contributed by atoms with Gasteiger partial charge < -0.3 is 15.1 Å². The number of nitrogen functional groups attached to an aromatic ring is 1. The Morgan fingerprint density at radius 2 is 1.79 bits per heavy atom. The van der Waals surface area contributed by atoms with Crippen LogP contribution in [0, 0.1) is 0 Å². The molecule has 1 aliphatic heterocycles. The lowest BCUT2D eigenvalue weighted by atomic mass is 9.96. The molecule has 0 aromatic heterocycles. The van der Waals surface area contributed by atoms with E-state index in [-0.39, 0.29) is 17.0 Å². The molecule has 1 amide bonds. The molecule has 2 N–H and O–H groups in total. The highest BCUT2D eigenvalue weighted by Crippen LogP contribution is 2.40. The first kappa shape index (κ1) is 20.6. The summed E-state index contributed by atoms with van der Waals surface area (Å²) in [6, 6.07) is 15.9. The van der Waals surface area contributed by atoms with Gasteiger partial charge in [0.25, 0.3) is 0 Å². The van der Waals surface area contributed by atoms with Crippen molar-refractivity contribution in [2.24, 2.45) is 0 Å². The third-order valence-electron chi connectivity index (χ3n) is 6.14. The molecule has 1 aliphatic rings. The summed E-state index contributed by atoms with van der Waals surface area (Å²) in [6.07, 6.45) is 1.24. The number of anilines is 2. The van der Waals surface area contributed by atoms with Crippen LogP contribution >= 0.6 is 0 Å². The van der Waals surface area contributed by atoms with Gasteiger partial charge in [0.1, 0.15) is 0 Å². The molecule has 2 aromatic rings. The number of amides is 1. The number of benzene rings is 2. The SMILES string of the molecule is CC(C)(C)[Si](C)(C)OCC(c1ccccc1)N1C(=O)CCc2cc(N)ccc21. The van der Waals surface area contributed by atoms with Crippen LogP contribution in [0.3, 0.4) is 0 Å². The maximum atomic E-state index is 13.0. The largest absolute Gasteiger partial charge is 0.414 e. The lowest BCUT2D eigenvalue weighted by Gasteiger charge is -2.41. The van der Waals surface area contributed by atoms with E-state index in [0.717, 1.165) is 28.9 Å². The molecule has 1 unspecified atom stereocenters. The van der Waals surface area contributed by atoms with Gasteiger partial charge in [-0.1, -0.05) is 51.1 Å². The third kappa shape index (κ3) is 4.15. The Hall–Kier alpha value is -2.11. The Morgan fingerprint density at radius 3 is 2.43 bits per heavy atom. The summed E-state index contributed by atoms with van der Waals surface area (Å²) in [5.41, 5.74) is 9.91. The van der Waals surface area contributed by atoms with Gasteiger partial charge in [-0.2, -0.15) is 0 Å². The summed E-state index contributed by atoms with van der Waals surface area (Å²) in [5.74, 6) is 0.143. The van der Waals surface area contributed by atoms with E-state index in [1.165, 1.54) is 0 Å². The number of hydrogen-bond donors (Lipinski definition) is 1. The minimum atomic E-state index is -1.94. The maximum Gasteiger partial charge on any atom is 0.227 e. The van der Waals surface area contributed by atoms with Crippen LogP contribution in [0.4, 0.5) is 11.4 Å². The monoisotopic (exact) mass is 396 g/mol. The molecule has 0 bridgehead atoms. The summed E-state index contributed by atoms with van der Waals surface area (Å²) >= 11 is 0. The highest BCUT2D eigenvalue weighted by atomic mass is 28.4. The molecule has 0 spiro atoms. The lowest BCUT2D eigenvalue weighted by Crippen LogP contribution is -2.46. The van der Waals surface area contributed by atoms with Crippen LogP contribution in [0.1, 0.15) is 44.4 Å². The zero-order valence-electron chi connectivity index (χ0n) is 17.7. The van der Waals surface area contributed by atoms with E-state index >= 15 is 0 Å². The second-order valence-electron chi connectivity index (χ2n) is 9.15. The first-order valence-electron chi connectivity index (χ1n) is 9.99. The Labute approximate surface area is 169 Å². The van der Waals surface area contributed by atoms with Crippen LogP contribution in [0.2, 0.25) is 18.1 Å². The first-order chi connectivity index (χ1) is 13.1. The van der Waals surface area contributed by atoms with Crippen molar-refractivity contribution in [2.45, 2.75) is 57.8 Å². The number of aryl methyl sites for hydroxylation is 1. The zero-order valence-corrected chi connectivity index (χ0v) is 18.7. The Morgan fingerprint density at radius 1 is 1.11 bits per heavy atom. The Bertz CT molecular complexity index is 843. The van der Waals surface area contributed by atoms with Crippen LogP contribution < -0.4 is 10.6 Å². The fourth-order valence-electron chi connectivity index (χ4n) is 3.38. The number of rotatable bonds is 5. The standard InChI is InChI=1S/C23H32N2O2Si/c1-23(2,3)28(4,5)27-16-21(17-9-7-6-8-10-17)25-20-13-12-19(24)15-18(20)11-14-22(25)26/h6-10,12-13,15,21H,11,14,16,24H2,1-5H3. The predicted molar refractivity (Wildman–Crippen MR) is 119 cm³/mol. The van der Waals surface area contributed by atoms with Crippen molar-refractivity contribution >= 4 is 25.6 Å². The second-order valence-corrected chi connectivity index (χ2v) is 14.0. The van der Waals surface area contributed by atoms with Gasteiger partial charge in [-0.15, -0.1) is 0 Å². The van der Waals surface area contributed by atoms with Crippen LogP contribution in [0.25, 0.3) is 0 Å². The highest BCUT2D eigenvalue weighted by molar-refractivity contribution is 6.74. The van der Waals surface area contributed by atoms with Gasteiger partial charge in [0.05, 0.1) is 12.6 Å². The average molecular weight is 397 g/mol. The molecule has 0 aliphatic carbocycles. The minimum absolute atomic E-state index is 0.118. The molecule has 2 aromatic carbocycles. The minimum Gasteiger partial charge on any atom is -0.414 e. The molecular weight excluding hydrogens is 364 g/mol. The average Bonchev–Trinajstić information content (AvgIpc) is 2.63. The van der Waals surface area contributed by atoms with E-state index < -0.39 is 8.32 Å². The molecule has 0 fully saturated rings. The van der Waals surface area contributed by atoms with Gasteiger partial charge in [-0.05, 0) is 53.9 Å². The van der Waals surface area contributed by atoms with Gasteiger partial charge in [-0.25, -0.2) is 0 Å². The first-order valence-corrected chi connectivity index (χ1v) is 12.9. The van der Waals surface area contributed by atoms with Crippen LogP contribution in [0.5, 0.6) is 0 Å². The lowest BCUT2D eigenvalue weighted by molar-refractivity contribution is -0.119. The fraction of sp³-hybridized carbons (Fsp3) is 0.435. The Kier molecular flexibility index (Phi) is 5.68. The molecule has 3 rings (SSSR count). The summed E-state index contributed by atoms with van der Waals surface area (Å²) in [4.78, 5) is 15.0. The van der Waals surface area contributed by atoms with Crippen molar-refractivity contribution in [1.82, 2.24) is 0 Å². The molecule has 0 saturated heterocycles. The fourth-order valence-corrected chi connectivity index (χ4v) is 4.39. The topological polar surface area (TPSA) is 55.6 Å². The van der Waals surface area contributed by atoms with Gasteiger partial charge in [0, 0.05) is 17.8 Å². The highest BCUT2D eigenvalue weighted by Gasteiger charge is 2.39. The van der Waals surface area contributed by atoms with E-state index in [1.54, 1.807) is 0 Å². The number of carbonyl (C=O) groups is 1. The van der Waals surface area contributed by atoms with E-state index in [1.807, 2.05) is 41.3 Å². The Balaban J connectivity index is 2.00. The molecule has 28 heavy (non-hydrogen) atoms. The second kappa shape index (κ2) is 7.72. The quantitative estimate of drug-likeness (QED) is 0.550. The van der Waals surface area contributed by atoms with Crippen molar-refractivity contribution in [3.05, 3.63) is 59.7 Å². The molecule has 4 nitrogen and oxygen atoms in total. The van der Waals surface area contributed by atoms with Crippen LogP contribution in [-0.2, 0) is 15.6 Å². The van der Waals surface area contributed by atoms with Crippen molar-refractivity contribution in [3.8, 4) is 0 Å². The molecular formula is C23H32N2O2Si. The van der Waals surface area contributed by atoms with E-state index in [0.29, 0.717) is 13.0 Å². The molecule has 0 saturated carbocycles. The number of fused-ring (bicyclic) bond motifs is 1. The zero-order chi connectivity index (χ0) is 20.5. The van der Waals surface area contributed by atoms with Crippen molar-refractivity contribution in [1.29, 1.82) is 0 Å². The van der Waals surface area contributed by atoms with E-state index in [4.69, 9.17) is 10.2 Å². The molecule has 5 heteroatoms. The summed E-state index contributed by atoms with van der Waals surface area (Å²) in [5, 5.41) is 0.118. The van der Waals surface area contributed by atoms with Crippen molar-refractivity contribution in [2.75, 3.05) is 17.2 Å². The van der Waals surface area contributed by atoms with Gasteiger partial charge in [0.2, 0.25) is 5.91 Å². The van der Waals surface area contributed by atoms with Gasteiger partial charge in [0.15, 0.2) is 8.32 Å². The third-order valence-corrected chi connectivity index (χ3v) is 10.6. The smallest absolute Gasteiger partial charge is 0.227 e. The number of carbonyl (C=O) groups excluding carboxylic acids is 1. The predicted octanol–water partition coefficient (Wildman–Crippen LogP) is 5.31. The van der Waals surface area contributed by atoms with Gasteiger partial charge >= 0.3 is 0 Å². The molecule has 150 valence electrons. The van der Waals surface area contributed by atoms with Gasteiger partial charge in [-0.3, -0.25) is 4.79 Å². The summed E-state index contributed by atoms with van der Waals surface area (Å²) in [6.45, 7) is 11.7. The van der Waals surface area contributed by atoms with E-state index in [2.05, 4.69) is 46.0 Å². The maximum absolute atomic E-state index is 13.0. The molecule has 1 atom stereocenters. The number of nitrogens with two attached hydrogens (primary N) is 1. The van der Waals surface area contributed by atoms with Crippen LogP contribution in [-0.4, -0.2) is 20.8 Å². The van der Waals surface area contributed by atoms with E-state index in [9.17, 15) is 4.79 Å². The normalized spacial score (nSPS) is 16.0. The molecule has 1 heterocycles. The van der Waals surface area contributed by atoms with Crippen LogP contribution in [0.15, 0.2) is 48.5 Å². The number of hydrogen-bond acceptors (Lipinski definition) is 3. The molecule has 0 radical (unpaired) electrons.